The zero-order valence-electron chi connectivity index (χ0n) is 8.06. The third kappa shape index (κ3) is 3.71. The summed E-state index contributed by atoms with van der Waals surface area (Å²) in [5.41, 5.74) is -2.58. The molecule has 1 rings (SSSR count). The van der Waals surface area contributed by atoms with Crippen LogP contribution in [0.25, 0.3) is 0 Å². The Labute approximate surface area is 109 Å². The van der Waals surface area contributed by atoms with Gasteiger partial charge in [0.25, 0.3) is 0 Å². The molecule has 0 aliphatic heterocycles. The molecule has 10 heteroatoms. The van der Waals surface area contributed by atoms with E-state index < -0.39 is 33.2 Å². The molecule has 3 nitrogen and oxygen atoms in total. The van der Waals surface area contributed by atoms with Crippen LogP contribution in [0.2, 0.25) is 0 Å². The number of rotatable bonds is 2. The molecule has 0 amide bonds. The molecule has 0 fully saturated rings. The largest absolute Gasteiger partial charge is 0.573 e. The lowest BCUT2D eigenvalue weighted by molar-refractivity contribution is -0.275. The summed E-state index contributed by atoms with van der Waals surface area (Å²) < 4.78 is 75.8. The standard InChI is InChI=1S/C8H2F6INO2/c9-7(10,11)5-3(2-17)1-4(6(15)16-5)18-8(12,13)14/h1-2H. The molecule has 1 aromatic heterocycles. The SMILES string of the molecule is O=Cc1cc(OC(F)(F)F)c(I)nc1C(F)(F)F. The van der Waals surface area contributed by atoms with Gasteiger partial charge in [-0.2, -0.15) is 13.2 Å². The molecule has 1 aromatic rings. The number of alkyl halides is 6. The van der Waals surface area contributed by atoms with Crippen molar-refractivity contribution in [1.82, 2.24) is 4.98 Å². The fourth-order valence-corrected chi connectivity index (χ4v) is 1.51. The first-order valence-corrected chi connectivity index (χ1v) is 5.11. The predicted octanol–water partition coefficient (Wildman–Crippen LogP) is 3.42. The normalized spacial score (nSPS) is 12.4. The van der Waals surface area contributed by atoms with Crippen LogP contribution >= 0.6 is 22.6 Å². The summed E-state index contributed by atoms with van der Waals surface area (Å²) in [7, 11) is 0. The Bertz CT molecular complexity index is 470. The molecule has 0 aliphatic rings. The molecule has 0 aromatic carbocycles. The molecule has 0 saturated carbocycles. The molecular weight excluding hydrogens is 383 g/mol. The molecule has 0 spiro atoms. The highest BCUT2D eigenvalue weighted by Gasteiger charge is 2.38. The van der Waals surface area contributed by atoms with E-state index in [1.165, 1.54) is 0 Å². The summed E-state index contributed by atoms with van der Waals surface area (Å²) in [4.78, 5) is 13.3. The average molecular weight is 385 g/mol. The second-order valence-electron chi connectivity index (χ2n) is 2.88. The Balaban J connectivity index is 3.32. The highest BCUT2D eigenvalue weighted by atomic mass is 127. The molecule has 1 heterocycles. The number of aldehydes is 1. The Hall–Kier alpha value is -1.07. The summed E-state index contributed by atoms with van der Waals surface area (Å²) >= 11 is 1.15. The van der Waals surface area contributed by atoms with Gasteiger partial charge in [-0.3, -0.25) is 4.79 Å². The third-order valence-corrected chi connectivity index (χ3v) is 2.37. The second-order valence-corrected chi connectivity index (χ2v) is 3.90. The monoisotopic (exact) mass is 385 g/mol. The maximum atomic E-state index is 12.4. The van der Waals surface area contributed by atoms with Crippen LogP contribution in [-0.4, -0.2) is 17.6 Å². The van der Waals surface area contributed by atoms with Crippen molar-refractivity contribution in [1.29, 1.82) is 0 Å². The number of carbonyl (C=O) groups is 1. The van der Waals surface area contributed by atoms with Crippen LogP contribution < -0.4 is 4.74 Å². The molecule has 18 heavy (non-hydrogen) atoms. The van der Waals surface area contributed by atoms with Crippen LogP contribution in [0, 0.1) is 3.70 Å². The van der Waals surface area contributed by atoms with Gasteiger partial charge >= 0.3 is 12.5 Å². The highest BCUT2D eigenvalue weighted by molar-refractivity contribution is 14.1. The van der Waals surface area contributed by atoms with Crippen molar-refractivity contribution < 1.29 is 35.9 Å². The quantitative estimate of drug-likeness (QED) is 0.339. The molecule has 100 valence electrons. The van der Waals surface area contributed by atoms with E-state index in [-0.39, 0.29) is 6.29 Å². The molecular formula is C8H2F6INO2. The van der Waals surface area contributed by atoms with E-state index in [0.717, 1.165) is 22.6 Å². The van der Waals surface area contributed by atoms with E-state index >= 15 is 0 Å². The number of aromatic nitrogens is 1. The van der Waals surface area contributed by atoms with E-state index in [9.17, 15) is 31.1 Å². The number of carbonyl (C=O) groups excluding carboxylic acids is 1. The minimum atomic E-state index is -5.08. The Kier molecular flexibility index (Phi) is 4.08. The smallest absolute Gasteiger partial charge is 0.403 e. The van der Waals surface area contributed by atoms with Crippen LogP contribution in [0.5, 0.6) is 5.75 Å². The van der Waals surface area contributed by atoms with Crippen LogP contribution in [0.4, 0.5) is 26.3 Å². The maximum Gasteiger partial charge on any atom is 0.573 e. The lowest BCUT2D eigenvalue weighted by atomic mass is 10.2. The molecule has 0 aliphatic carbocycles. The lowest BCUT2D eigenvalue weighted by Gasteiger charge is -2.13. The fraction of sp³-hybridized carbons (Fsp3) is 0.250. The number of hydrogen-bond donors (Lipinski definition) is 0. The highest BCUT2D eigenvalue weighted by Crippen LogP contribution is 2.34. The van der Waals surface area contributed by atoms with E-state index in [1.807, 2.05) is 0 Å². The zero-order chi connectivity index (χ0) is 14.1. The van der Waals surface area contributed by atoms with Crippen molar-refractivity contribution in [3.05, 3.63) is 21.0 Å². The van der Waals surface area contributed by atoms with E-state index in [2.05, 4.69) is 9.72 Å². The van der Waals surface area contributed by atoms with Crippen molar-refractivity contribution in [3.8, 4) is 5.75 Å². The van der Waals surface area contributed by atoms with Gasteiger partial charge in [0.15, 0.2) is 17.7 Å². The van der Waals surface area contributed by atoms with Crippen molar-refractivity contribution in [2.75, 3.05) is 0 Å². The third-order valence-electron chi connectivity index (χ3n) is 1.59. The van der Waals surface area contributed by atoms with Crippen molar-refractivity contribution in [2.45, 2.75) is 12.5 Å². The summed E-state index contributed by atoms with van der Waals surface area (Å²) in [5, 5.41) is 0. The van der Waals surface area contributed by atoms with Gasteiger partial charge in [0.1, 0.15) is 3.70 Å². The van der Waals surface area contributed by atoms with Gasteiger partial charge in [0, 0.05) is 5.56 Å². The van der Waals surface area contributed by atoms with Crippen LogP contribution in [0.1, 0.15) is 16.1 Å². The number of hydrogen-bond acceptors (Lipinski definition) is 3. The summed E-state index contributed by atoms with van der Waals surface area (Å²) in [6, 6.07) is 0.345. The van der Waals surface area contributed by atoms with Gasteiger partial charge < -0.3 is 4.74 Å². The van der Waals surface area contributed by atoms with Gasteiger partial charge in [-0.1, -0.05) is 0 Å². The molecule has 0 N–H and O–H groups in total. The minimum absolute atomic E-state index is 0.241. The minimum Gasteiger partial charge on any atom is -0.403 e. The topological polar surface area (TPSA) is 39.2 Å². The van der Waals surface area contributed by atoms with Gasteiger partial charge in [-0.05, 0) is 28.7 Å². The zero-order valence-corrected chi connectivity index (χ0v) is 10.2. The fourth-order valence-electron chi connectivity index (χ4n) is 1.00. The van der Waals surface area contributed by atoms with Gasteiger partial charge in [0.2, 0.25) is 0 Å². The van der Waals surface area contributed by atoms with Crippen LogP contribution in [-0.2, 0) is 6.18 Å². The predicted molar refractivity (Wildman–Crippen MR) is 54.0 cm³/mol. The second kappa shape index (κ2) is 4.90. The van der Waals surface area contributed by atoms with E-state index in [1.54, 1.807) is 0 Å². The first kappa shape index (κ1) is 15.0. The first-order chi connectivity index (χ1) is 8.04. The summed E-state index contributed by atoms with van der Waals surface area (Å²) in [5.74, 6) is -0.960. The van der Waals surface area contributed by atoms with Crippen LogP contribution in [0.15, 0.2) is 6.07 Å². The van der Waals surface area contributed by atoms with E-state index in [0.29, 0.717) is 6.07 Å². The molecule has 0 unspecified atom stereocenters. The summed E-state index contributed by atoms with van der Waals surface area (Å²) in [6.07, 6.45) is -10.3. The Morgan fingerprint density at radius 2 is 1.78 bits per heavy atom. The van der Waals surface area contributed by atoms with Crippen molar-refractivity contribution in [2.24, 2.45) is 0 Å². The molecule has 0 atom stereocenters. The molecule has 0 radical (unpaired) electrons. The average Bonchev–Trinajstić information content (AvgIpc) is 2.17. The lowest BCUT2D eigenvalue weighted by Crippen LogP contribution is -2.20. The molecule has 0 bridgehead atoms. The number of halogens is 7. The van der Waals surface area contributed by atoms with Gasteiger partial charge in [-0.25, -0.2) is 4.98 Å². The Morgan fingerprint density at radius 3 is 2.17 bits per heavy atom. The number of pyridine rings is 1. The van der Waals surface area contributed by atoms with Crippen molar-refractivity contribution in [3.63, 3.8) is 0 Å². The molecule has 0 saturated heterocycles. The van der Waals surface area contributed by atoms with Crippen molar-refractivity contribution >= 4 is 28.9 Å². The number of nitrogens with zero attached hydrogens (tertiary/aromatic N) is 1. The van der Waals surface area contributed by atoms with Gasteiger partial charge in [-0.15, -0.1) is 13.2 Å². The Morgan fingerprint density at radius 1 is 1.22 bits per heavy atom. The van der Waals surface area contributed by atoms with Gasteiger partial charge in [0.05, 0.1) is 0 Å². The maximum absolute atomic E-state index is 12.4. The number of ether oxygens (including phenoxy) is 1. The summed E-state index contributed by atoms with van der Waals surface area (Å²) in [6.45, 7) is 0. The van der Waals surface area contributed by atoms with Crippen LogP contribution in [0.3, 0.4) is 0 Å². The first-order valence-electron chi connectivity index (χ1n) is 4.03. The van der Waals surface area contributed by atoms with E-state index in [4.69, 9.17) is 0 Å².